The SMILES string of the molecule is C1=CNC(/C=N/c2ccc(Cc3ccc(/N=C/c4ccc[nH]4)cc3)cc2)C1. The number of aromatic amines is 1. The molecule has 0 spiro atoms. The van der Waals surface area contributed by atoms with Gasteiger partial charge in [0.2, 0.25) is 0 Å². The average Bonchev–Trinajstić information content (AvgIpc) is 3.41. The zero-order valence-corrected chi connectivity index (χ0v) is 15.0. The second-order valence-corrected chi connectivity index (χ2v) is 6.58. The molecule has 1 unspecified atom stereocenters. The molecule has 134 valence electrons. The third kappa shape index (κ3) is 4.82. The van der Waals surface area contributed by atoms with Crippen LogP contribution in [0.25, 0.3) is 0 Å². The van der Waals surface area contributed by atoms with Gasteiger partial charge in [-0.1, -0.05) is 30.3 Å². The lowest BCUT2D eigenvalue weighted by Gasteiger charge is -2.05. The number of H-pyrrole nitrogens is 1. The monoisotopic (exact) mass is 354 g/mol. The molecule has 0 radical (unpaired) electrons. The highest BCUT2D eigenvalue weighted by atomic mass is 14.9. The number of aliphatic imine (C=N–C) groups is 2. The second kappa shape index (κ2) is 8.32. The Balaban J connectivity index is 1.34. The third-order valence-corrected chi connectivity index (χ3v) is 4.48. The average molecular weight is 354 g/mol. The summed E-state index contributed by atoms with van der Waals surface area (Å²) in [4.78, 5) is 12.1. The molecule has 27 heavy (non-hydrogen) atoms. The molecule has 1 aliphatic rings. The molecule has 0 aliphatic carbocycles. The Labute approximate surface area is 159 Å². The van der Waals surface area contributed by atoms with Crippen LogP contribution in [0.5, 0.6) is 0 Å². The van der Waals surface area contributed by atoms with E-state index in [-0.39, 0.29) is 0 Å². The number of hydrogen-bond acceptors (Lipinski definition) is 3. The van der Waals surface area contributed by atoms with Crippen molar-refractivity contribution in [3.05, 3.63) is 96.0 Å². The molecule has 1 aliphatic heterocycles. The zero-order chi connectivity index (χ0) is 18.3. The van der Waals surface area contributed by atoms with E-state index in [0.717, 1.165) is 29.9 Å². The molecule has 0 saturated heterocycles. The fourth-order valence-corrected chi connectivity index (χ4v) is 2.96. The first-order valence-corrected chi connectivity index (χ1v) is 9.16. The van der Waals surface area contributed by atoms with Crippen LogP contribution in [0.15, 0.2) is 89.1 Å². The minimum absolute atomic E-state index is 0.322. The van der Waals surface area contributed by atoms with E-state index in [2.05, 4.69) is 74.9 Å². The van der Waals surface area contributed by atoms with Crippen molar-refractivity contribution in [1.82, 2.24) is 10.3 Å². The van der Waals surface area contributed by atoms with Crippen LogP contribution in [0.2, 0.25) is 0 Å². The van der Waals surface area contributed by atoms with Gasteiger partial charge >= 0.3 is 0 Å². The van der Waals surface area contributed by atoms with Crippen molar-refractivity contribution in [2.45, 2.75) is 18.9 Å². The third-order valence-electron chi connectivity index (χ3n) is 4.48. The number of hydrogen-bond donors (Lipinski definition) is 2. The van der Waals surface area contributed by atoms with Gasteiger partial charge < -0.3 is 10.3 Å². The Morgan fingerprint density at radius 2 is 1.59 bits per heavy atom. The van der Waals surface area contributed by atoms with E-state index in [9.17, 15) is 0 Å². The topological polar surface area (TPSA) is 52.5 Å². The molecule has 2 heterocycles. The molecular formula is C23H22N4. The van der Waals surface area contributed by atoms with E-state index in [1.165, 1.54) is 11.1 Å². The number of benzene rings is 2. The molecular weight excluding hydrogens is 332 g/mol. The Morgan fingerprint density at radius 1 is 0.889 bits per heavy atom. The van der Waals surface area contributed by atoms with Crippen LogP contribution >= 0.6 is 0 Å². The van der Waals surface area contributed by atoms with Crippen molar-refractivity contribution in [2.24, 2.45) is 9.98 Å². The van der Waals surface area contributed by atoms with Gasteiger partial charge in [-0.15, -0.1) is 0 Å². The highest BCUT2D eigenvalue weighted by Crippen LogP contribution is 2.18. The number of aromatic nitrogens is 1. The quantitative estimate of drug-likeness (QED) is 0.606. The van der Waals surface area contributed by atoms with Crippen molar-refractivity contribution in [3.8, 4) is 0 Å². The summed E-state index contributed by atoms with van der Waals surface area (Å²) in [5, 5.41) is 3.25. The maximum absolute atomic E-state index is 4.54. The van der Waals surface area contributed by atoms with Gasteiger partial charge in [0.25, 0.3) is 0 Å². The fraction of sp³-hybridized carbons (Fsp3) is 0.130. The van der Waals surface area contributed by atoms with Crippen molar-refractivity contribution in [1.29, 1.82) is 0 Å². The van der Waals surface area contributed by atoms with E-state index in [0.29, 0.717) is 6.04 Å². The maximum Gasteiger partial charge on any atom is 0.0645 e. The molecule has 1 aromatic heterocycles. The van der Waals surface area contributed by atoms with Gasteiger partial charge in [-0.25, -0.2) is 0 Å². The van der Waals surface area contributed by atoms with Gasteiger partial charge in [0.15, 0.2) is 0 Å². The van der Waals surface area contributed by atoms with Crippen molar-refractivity contribution in [3.63, 3.8) is 0 Å². The number of nitrogens with one attached hydrogen (secondary N) is 2. The van der Waals surface area contributed by atoms with Gasteiger partial charge in [0.1, 0.15) is 0 Å². The summed E-state index contributed by atoms with van der Waals surface area (Å²) in [6.07, 6.45) is 11.7. The predicted molar refractivity (Wildman–Crippen MR) is 113 cm³/mol. The largest absolute Gasteiger partial charge is 0.383 e. The molecule has 4 heteroatoms. The van der Waals surface area contributed by atoms with Crippen LogP contribution in [0.1, 0.15) is 23.2 Å². The van der Waals surface area contributed by atoms with Crippen molar-refractivity contribution < 1.29 is 0 Å². The standard InChI is InChI=1S/C23H22N4/c1-3-22(24-13-1)16-26-20-9-5-18(6-10-20)15-19-7-11-21(12-8-19)27-17-23-4-2-14-25-23/h1-3,5-14,16-17,23-25H,4,15H2/b26-16+,27-17+. The number of nitrogens with zero attached hydrogens (tertiary/aromatic N) is 2. The van der Waals surface area contributed by atoms with Crippen LogP contribution in [-0.2, 0) is 6.42 Å². The molecule has 0 saturated carbocycles. The molecule has 4 rings (SSSR count). The molecule has 2 N–H and O–H groups in total. The first kappa shape index (κ1) is 17.0. The summed E-state index contributed by atoms with van der Waals surface area (Å²) >= 11 is 0. The van der Waals surface area contributed by atoms with Gasteiger partial charge in [-0.2, -0.15) is 0 Å². The second-order valence-electron chi connectivity index (χ2n) is 6.58. The van der Waals surface area contributed by atoms with E-state index in [1.54, 1.807) is 0 Å². The summed E-state index contributed by atoms with van der Waals surface area (Å²) in [5.41, 5.74) is 5.49. The first-order chi connectivity index (χ1) is 13.3. The van der Waals surface area contributed by atoms with E-state index < -0.39 is 0 Å². The van der Waals surface area contributed by atoms with E-state index in [4.69, 9.17) is 0 Å². The van der Waals surface area contributed by atoms with Crippen molar-refractivity contribution >= 4 is 23.8 Å². The van der Waals surface area contributed by atoms with Crippen LogP contribution in [0.4, 0.5) is 11.4 Å². The maximum atomic E-state index is 4.54. The summed E-state index contributed by atoms with van der Waals surface area (Å²) in [6, 6.07) is 21.1. The van der Waals surface area contributed by atoms with E-state index in [1.807, 2.05) is 37.0 Å². The highest BCUT2D eigenvalue weighted by Gasteiger charge is 2.04. The molecule has 0 fully saturated rings. The van der Waals surface area contributed by atoms with Crippen LogP contribution in [-0.4, -0.2) is 23.5 Å². The lowest BCUT2D eigenvalue weighted by molar-refractivity contribution is 0.812. The Bertz CT molecular complexity index is 925. The summed E-state index contributed by atoms with van der Waals surface area (Å²) in [6.45, 7) is 0. The lowest BCUT2D eigenvalue weighted by Crippen LogP contribution is -2.19. The van der Waals surface area contributed by atoms with Gasteiger partial charge in [-0.05, 0) is 66.6 Å². The van der Waals surface area contributed by atoms with E-state index >= 15 is 0 Å². The normalized spacial score (nSPS) is 16.4. The van der Waals surface area contributed by atoms with Crippen LogP contribution in [0.3, 0.4) is 0 Å². The molecule has 4 nitrogen and oxygen atoms in total. The Morgan fingerprint density at radius 3 is 2.19 bits per heavy atom. The molecule has 2 aromatic carbocycles. The lowest BCUT2D eigenvalue weighted by atomic mass is 10.0. The zero-order valence-electron chi connectivity index (χ0n) is 15.0. The summed E-state index contributed by atoms with van der Waals surface area (Å²) in [7, 11) is 0. The minimum atomic E-state index is 0.322. The number of rotatable bonds is 6. The van der Waals surface area contributed by atoms with Gasteiger partial charge in [-0.3, -0.25) is 9.98 Å². The summed E-state index contributed by atoms with van der Waals surface area (Å²) in [5.74, 6) is 0. The van der Waals surface area contributed by atoms with Crippen molar-refractivity contribution in [2.75, 3.05) is 0 Å². The fourth-order valence-electron chi connectivity index (χ4n) is 2.96. The first-order valence-electron chi connectivity index (χ1n) is 9.16. The minimum Gasteiger partial charge on any atom is -0.383 e. The molecule has 1 atom stereocenters. The molecule has 0 amide bonds. The predicted octanol–water partition coefficient (Wildman–Crippen LogP) is 4.93. The van der Waals surface area contributed by atoms with Crippen LogP contribution < -0.4 is 5.32 Å². The highest BCUT2D eigenvalue weighted by molar-refractivity contribution is 5.79. The Hall–Kier alpha value is -3.40. The van der Waals surface area contributed by atoms with Crippen LogP contribution in [0, 0.1) is 0 Å². The van der Waals surface area contributed by atoms with Gasteiger partial charge in [0.05, 0.1) is 29.3 Å². The summed E-state index contributed by atoms with van der Waals surface area (Å²) < 4.78 is 0. The smallest absolute Gasteiger partial charge is 0.0645 e. The molecule has 3 aromatic rings. The molecule has 0 bridgehead atoms. The Kier molecular flexibility index (Phi) is 5.25. The van der Waals surface area contributed by atoms with Gasteiger partial charge in [0, 0.05) is 12.4 Å².